The first-order chi connectivity index (χ1) is 11.8. The normalized spacial score (nSPS) is 15.5. The highest BCUT2D eigenvalue weighted by Crippen LogP contribution is 2.31. The molecule has 2 aliphatic rings. The number of hydrogen-bond donors (Lipinski definition) is 1. The summed E-state index contributed by atoms with van der Waals surface area (Å²) in [5, 5.41) is 3.09. The summed E-state index contributed by atoms with van der Waals surface area (Å²) in [6.07, 6.45) is 4.93. The van der Waals surface area contributed by atoms with Crippen molar-refractivity contribution in [3.63, 3.8) is 0 Å². The molecule has 2 aromatic rings. The number of benzene rings is 2. The molecule has 0 radical (unpaired) electrons. The van der Waals surface area contributed by atoms with Gasteiger partial charge in [0.25, 0.3) is 0 Å². The summed E-state index contributed by atoms with van der Waals surface area (Å²) in [4.78, 5) is 12.5. The molecule has 1 amide bonds. The van der Waals surface area contributed by atoms with Gasteiger partial charge in [0, 0.05) is 5.69 Å². The molecule has 1 aliphatic heterocycles. The van der Waals surface area contributed by atoms with Gasteiger partial charge in [-0.15, -0.1) is 0 Å². The number of amides is 1. The molecule has 1 N–H and O–H groups in total. The van der Waals surface area contributed by atoms with Crippen LogP contribution in [-0.2, 0) is 24.1 Å². The van der Waals surface area contributed by atoms with Crippen LogP contribution in [0.2, 0.25) is 0 Å². The van der Waals surface area contributed by atoms with Crippen molar-refractivity contribution in [3.8, 4) is 11.5 Å². The van der Waals surface area contributed by atoms with E-state index in [0.29, 0.717) is 19.6 Å². The Bertz CT molecular complexity index is 769. The third-order valence-corrected chi connectivity index (χ3v) is 4.64. The predicted octanol–water partition coefficient (Wildman–Crippen LogP) is 3.52. The molecule has 4 nitrogen and oxygen atoms in total. The van der Waals surface area contributed by atoms with E-state index in [0.717, 1.165) is 35.6 Å². The van der Waals surface area contributed by atoms with Crippen molar-refractivity contribution in [1.82, 2.24) is 0 Å². The van der Waals surface area contributed by atoms with Crippen molar-refractivity contribution in [3.05, 3.63) is 53.1 Å². The molecule has 1 heterocycles. The number of fused-ring (bicyclic) bond motifs is 2. The first kappa shape index (κ1) is 15.1. The number of aryl methyl sites for hydroxylation is 1. The molecule has 0 bridgehead atoms. The summed E-state index contributed by atoms with van der Waals surface area (Å²) in [5.74, 6) is 1.48. The predicted molar refractivity (Wildman–Crippen MR) is 92.8 cm³/mol. The third-order valence-electron chi connectivity index (χ3n) is 4.64. The first-order valence-electron chi connectivity index (χ1n) is 8.59. The zero-order valence-electron chi connectivity index (χ0n) is 13.6. The molecular formula is C20H21NO3. The smallest absolute Gasteiger partial charge is 0.228 e. The first-order valence-corrected chi connectivity index (χ1v) is 8.59. The molecule has 0 saturated carbocycles. The van der Waals surface area contributed by atoms with Crippen LogP contribution >= 0.6 is 0 Å². The minimum atomic E-state index is 0.00523. The molecule has 0 atom stereocenters. The Kier molecular flexibility index (Phi) is 4.11. The second-order valence-corrected chi connectivity index (χ2v) is 6.35. The summed E-state index contributed by atoms with van der Waals surface area (Å²) in [5.41, 5.74) is 4.58. The highest BCUT2D eigenvalue weighted by atomic mass is 16.6. The SMILES string of the molecule is O=C(Cc1ccc2c(c1)OCCO2)Nc1cccc2c1CCCC2. The van der Waals surface area contributed by atoms with E-state index in [1.54, 1.807) is 0 Å². The van der Waals surface area contributed by atoms with E-state index in [4.69, 9.17) is 9.47 Å². The molecule has 4 rings (SSSR count). The van der Waals surface area contributed by atoms with Crippen molar-refractivity contribution in [2.24, 2.45) is 0 Å². The van der Waals surface area contributed by atoms with Crippen LogP contribution in [-0.4, -0.2) is 19.1 Å². The molecule has 1 aliphatic carbocycles. The van der Waals surface area contributed by atoms with Gasteiger partial charge in [0.15, 0.2) is 11.5 Å². The van der Waals surface area contributed by atoms with Gasteiger partial charge in [0.1, 0.15) is 13.2 Å². The summed E-state index contributed by atoms with van der Waals surface area (Å²) in [6.45, 7) is 1.13. The van der Waals surface area contributed by atoms with E-state index in [2.05, 4.69) is 11.4 Å². The van der Waals surface area contributed by atoms with Gasteiger partial charge in [-0.05, 0) is 60.6 Å². The standard InChI is InChI=1S/C20H21NO3/c22-20(13-14-8-9-18-19(12-14)24-11-10-23-18)21-17-7-3-5-15-4-1-2-6-16(15)17/h3,5,7-9,12H,1-2,4,6,10-11,13H2,(H,21,22). The number of ether oxygens (including phenoxy) is 2. The minimum absolute atomic E-state index is 0.00523. The number of hydrogen-bond acceptors (Lipinski definition) is 3. The maximum absolute atomic E-state index is 12.5. The van der Waals surface area contributed by atoms with Gasteiger partial charge in [-0.1, -0.05) is 18.2 Å². The van der Waals surface area contributed by atoms with Gasteiger partial charge in [0.2, 0.25) is 5.91 Å². The Morgan fingerprint density at radius 2 is 1.83 bits per heavy atom. The van der Waals surface area contributed by atoms with E-state index < -0.39 is 0 Å². The molecule has 124 valence electrons. The number of anilines is 1. The summed E-state index contributed by atoms with van der Waals surface area (Å²) in [6, 6.07) is 11.9. The van der Waals surface area contributed by atoms with Crippen LogP contribution in [0.1, 0.15) is 29.5 Å². The Morgan fingerprint density at radius 3 is 2.75 bits per heavy atom. The van der Waals surface area contributed by atoms with Gasteiger partial charge in [-0.25, -0.2) is 0 Å². The fourth-order valence-corrected chi connectivity index (χ4v) is 3.48. The van der Waals surface area contributed by atoms with Crippen molar-refractivity contribution in [2.45, 2.75) is 32.1 Å². The molecule has 2 aromatic carbocycles. The van der Waals surface area contributed by atoms with Crippen LogP contribution in [0.5, 0.6) is 11.5 Å². The van der Waals surface area contributed by atoms with Crippen LogP contribution in [0.4, 0.5) is 5.69 Å². The van der Waals surface area contributed by atoms with E-state index >= 15 is 0 Å². The molecule has 0 saturated heterocycles. The monoisotopic (exact) mass is 323 g/mol. The highest BCUT2D eigenvalue weighted by Gasteiger charge is 2.16. The summed E-state index contributed by atoms with van der Waals surface area (Å²) in [7, 11) is 0. The molecule has 0 unspecified atom stereocenters. The second kappa shape index (κ2) is 6.56. The Hall–Kier alpha value is -2.49. The largest absolute Gasteiger partial charge is 0.486 e. The lowest BCUT2D eigenvalue weighted by Crippen LogP contribution is -2.18. The van der Waals surface area contributed by atoms with Gasteiger partial charge in [-0.2, -0.15) is 0 Å². The van der Waals surface area contributed by atoms with Crippen LogP contribution in [0.3, 0.4) is 0 Å². The van der Waals surface area contributed by atoms with Gasteiger partial charge >= 0.3 is 0 Å². The van der Waals surface area contributed by atoms with Crippen molar-refractivity contribution >= 4 is 11.6 Å². The topological polar surface area (TPSA) is 47.6 Å². The minimum Gasteiger partial charge on any atom is -0.486 e. The molecule has 24 heavy (non-hydrogen) atoms. The maximum atomic E-state index is 12.5. The molecule has 0 aromatic heterocycles. The van der Waals surface area contributed by atoms with Gasteiger partial charge in [0.05, 0.1) is 6.42 Å². The van der Waals surface area contributed by atoms with Gasteiger partial charge in [-0.3, -0.25) is 4.79 Å². The summed E-state index contributed by atoms with van der Waals surface area (Å²) < 4.78 is 11.1. The zero-order valence-corrected chi connectivity index (χ0v) is 13.6. The average molecular weight is 323 g/mol. The van der Waals surface area contributed by atoms with Crippen LogP contribution in [0, 0.1) is 0 Å². The lowest BCUT2D eigenvalue weighted by molar-refractivity contribution is -0.115. The van der Waals surface area contributed by atoms with E-state index in [-0.39, 0.29) is 5.91 Å². The number of carbonyl (C=O) groups is 1. The quantitative estimate of drug-likeness (QED) is 0.940. The highest BCUT2D eigenvalue weighted by molar-refractivity contribution is 5.93. The zero-order chi connectivity index (χ0) is 16.4. The third kappa shape index (κ3) is 3.09. The van der Waals surface area contributed by atoms with Crippen LogP contribution in [0.15, 0.2) is 36.4 Å². The maximum Gasteiger partial charge on any atom is 0.228 e. The Morgan fingerprint density at radius 1 is 1.00 bits per heavy atom. The van der Waals surface area contributed by atoms with E-state index in [9.17, 15) is 4.79 Å². The van der Waals surface area contributed by atoms with Crippen molar-refractivity contribution < 1.29 is 14.3 Å². The van der Waals surface area contributed by atoms with Crippen LogP contribution < -0.4 is 14.8 Å². The summed E-state index contributed by atoms with van der Waals surface area (Å²) >= 11 is 0. The second-order valence-electron chi connectivity index (χ2n) is 6.35. The molecule has 0 spiro atoms. The Balaban J connectivity index is 1.47. The lowest BCUT2D eigenvalue weighted by atomic mass is 9.90. The van der Waals surface area contributed by atoms with E-state index in [1.807, 2.05) is 30.3 Å². The van der Waals surface area contributed by atoms with Crippen LogP contribution in [0.25, 0.3) is 0 Å². The lowest BCUT2D eigenvalue weighted by Gasteiger charge is -2.20. The van der Waals surface area contributed by atoms with E-state index in [1.165, 1.54) is 24.0 Å². The number of nitrogens with one attached hydrogen (secondary N) is 1. The fraction of sp³-hybridized carbons (Fsp3) is 0.350. The molecular weight excluding hydrogens is 302 g/mol. The number of rotatable bonds is 3. The van der Waals surface area contributed by atoms with Crippen molar-refractivity contribution in [2.75, 3.05) is 18.5 Å². The molecule has 4 heteroatoms. The Labute approximate surface area is 141 Å². The number of carbonyl (C=O) groups excluding carboxylic acids is 1. The van der Waals surface area contributed by atoms with Gasteiger partial charge < -0.3 is 14.8 Å². The van der Waals surface area contributed by atoms with Crippen molar-refractivity contribution in [1.29, 1.82) is 0 Å². The fourth-order valence-electron chi connectivity index (χ4n) is 3.48. The molecule has 0 fully saturated rings. The average Bonchev–Trinajstić information content (AvgIpc) is 2.62.